The second-order valence-corrected chi connectivity index (χ2v) is 4.29. The van der Waals surface area contributed by atoms with Crippen LogP contribution in [0, 0.1) is 0 Å². The van der Waals surface area contributed by atoms with Gasteiger partial charge in [-0.3, -0.25) is 4.79 Å². The van der Waals surface area contributed by atoms with Crippen LogP contribution < -0.4 is 11.3 Å². The number of nitrogens with zero attached hydrogens (tertiary/aromatic N) is 2. The number of anilines is 1. The van der Waals surface area contributed by atoms with Crippen molar-refractivity contribution < 1.29 is 5.11 Å². The summed E-state index contributed by atoms with van der Waals surface area (Å²) in [6.07, 6.45) is 5.21. The molecule has 3 aromatic rings. The normalized spacial score (nSPS) is 10.6. The summed E-state index contributed by atoms with van der Waals surface area (Å²) in [5.41, 5.74) is 6.83. The summed E-state index contributed by atoms with van der Waals surface area (Å²) < 4.78 is 1.90. The Morgan fingerprint density at radius 2 is 2.00 bits per heavy atom. The summed E-state index contributed by atoms with van der Waals surface area (Å²) in [7, 11) is 0. The molecule has 20 heavy (non-hydrogen) atoms. The standard InChI is InChI=1S/C14H12N4O2/c15-13-14(20)16-8-11(17-13)10-7-9(3-4-12(10)19)18-5-1-2-6-18/h1-8,19H,(H2,15,17)(H,16,20). The van der Waals surface area contributed by atoms with E-state index in [-0.39, 0.29) is 11.6 Å². The summed E-state index contributed by atoms with van der Waals surface area (Å²) in [6, 6.07) is 8.95. The van der Waals surface area contributed by atoms with E-state index in [0.717, 1.165) is 5.69 Å². The predicted molar refractivity (Wildman–Crippen MR) is 75.7 cm³/mol. The number of hydrogen-bond donors (Lipinski definition) is 3. The summed E-state index contributed by atoms with van der Waals surface area (Å²) >= 11 is 0. The summed E-state index contributed by atoms with van der Waals surface area (Å²) in [5, 5.41) is 9.96. The van der Waals surface area contributed by atoms with Crippen LogP contribution in [0.2, 0.25) is 0 Å². The van der Waals surface area contributed by atoms with Crippen molar-refractivity contribution in [2.45, 2.75) is 0 Å². The van der Waals surface area contributed by atoms with E-state index in [1.165, 1.54) is 6.20 Å². The van der Waals surface area contributed by atoms with Gasteiger partial charge in [0.05, 0.1) is 5.69 Å². The van der Waals surface area contributed by atoms with Crippen LogP contribution in [-0.4, -0.2) is 19.6 Å². The maximum Gasteiger partial charge on any atom is 0.290 e. The van der Waals surface area contributed by atoms with Gasteiger partial charge in [0.15, 0.2) is 5.82 Å². The molecule has 2 aromatic heterocycles. The molecule has 0 fully saturated rings. The molecule has 0 aliphatic heterocycles. The van der Waals surface area contributed by atoms with Crippen molar-refractivity contribution >= 4 is 5.82 Å². The van der Waals surface area contributed by atoms with Crippen molar-refractivity contribution in [2.24, 2.45) is 0 Å². The third-order valence-corrected chi connectivity index (χ3v) is 2.97. The number of H-pyrrole nitrogens is 1. The van der Waals surface area contributed by atoms with E-state index in [0.29, 0.717) is 11.3 Å². The maximum absolute atomic E-state index is 11.2. The number of nitrogen functional groups attached to an aromatic ring is 1. The van der Waals surface area contributed by atoms with E-state index in [1.807, 2.05) is 29.1 Å². The topological polar surface area (TPSA) is 96.9 Å². The number of phenolic OH excluding ortho intramolecular Hbond substituents is 1. The maximum atomic E-state index is 11.2. The smallest absolute Gasteiger partial charge is 0.290 e. The number of aromatic hydroxyl groups is 1. The molecular formula is C14H12N4O2. The van der Waals surface area contributed by atoms with Gasteiger partial charge in [-0.15, -0.1) is 0 Å². The van der Waals surface area contributed by atoms with Gasteiger partial charge in [-0.2, -0.15) is 0 Å². The fourth-order valence-corrected chi connectivity index (χ4v) is 1.96. The first-order chi connectivity index (χ1) is 9.65. The van der Waals surface area contributed by atoms with Crippen LogP contribution in [0.15, 0.2) is 53.7 Å². The van der Waals surface area contributed by atoms with Gasteiger partial charge in [0, 0.05) is 29.8 Å². The van der Waals surface area contributed by atoms with Crippen molar-refractivity contribution in [3.8, 4) is 22.7 Å². The number of phenols is 1. The molecule has 0 radical (unpaired) electrons. The van der Waals surface area contributed by atoms with Crippen LogP contribution in [0.25, 0.3) is 16.9 Å². The highest BCUT2D eigenvalue weighted by Crippen LogP contribution is 2.29. The van der Waals surface area contributed by atoms with Crippen molar-refractivity contribution in [1.29, 1.82) is 0 Å². The van der Waals surface area contributed by atoms with E-state index in [9.17, 15) is 9.90 Å². The number of aromatic nitrogens is 3. The van der Waals surface area contributed by atoms with E-state index in [2.05, 4.69) is 9.97 Å². The van der Waals surface area contributed by atoms with Crippen LogP contribution in [0.3, 0.4) is 0 Å². The molecule has 4 N–H and O–H groups in total. The Morgan fingerprint density at radius 3 is 2.70 bits per heavy atom. The summed E-state index contributed by atoms with van der Waals surface area (Å²) in [5.74, 6) is -0.0619. The Hall–Kier alpha value is -3.02. The molecule has 6 nitrogen and oxygen atoms in total. The van der Waals surface area contributed by atoms with Crippen LogP contribution in [0.4, 0.5) is 5.82 Å². The van der Waals surface area contributed by atoms with Crippen LogP contribution in [0.5, 0.6) is 5.75 Å². The van der Waals surface area contributed by atoms with Crippen molar-refractivity contribution in [3.63, 3.8) is 0 Å². The van der Waals surface area contributed by atoms with E-state index in [4.69, 9.17) is 5.73 Å². The van der Waals surface area contributed by atoms with Crippen molar-refractivity contribution in [2.75, 3.05) is 5.73 Å². The van der Waals surface area contributed by atoms with E-state index < -0.39 is 5.56 Å². The van der Waals surface area contributed by atoms with Crippen molar-refractivity contribution in [3.05, 3.63) is 59.3 Å². The molecule has 0 bridgehead atoms. The van der Waals surface area contributed by atoms with Crippen LogP contribution >= 0.6 is 0 Å². The number of hydrogen-bond acceptors (Lipinski definition) is 4. The van der Waals surface area contributed by atoms with Crippen LogP contribution in [-0.2, 0) is 0 Å². The zero-order valence-electron chi connectivity index (χ0n) is 10.4. The molecule has 1 aromatic carbocycles. The van der Waals surface area contributed by atoms with Gasteiger partial charge in [-0.1, -0.05) is 0 Å². The molecule has 0 unspecified atom stereocenters. The Kier molecular flexibility index (Phi) is 2.76. The van der Waals surface area contributed by atoms with E-state index >= 15 is 0 Å². The molecule has 0 spiro atoms. The number of rotatable bonds is 2. The molecular weight excluding hydrogens is 256 g/mol. The quantitative estimate of drug-likeness (QED) is 0.656. The largest absolute Gasteiger partial charge is 0.507 e. The number of nitrogens with one attached hydrogen (secondary N) is 1. The van der Waals surface area contributed by atoms with Gasteiger partial charge < -0.3 is 20.4 Å². The highest BCUT2D eigenvalue weighted by atomic mass is 16.3. The Bertz CT molecular complexity index is 806. The van der Waals surface area contributed by atoms with Crippen molar-refractivity contribution in [1.82, 2.24) is 14.5 Å². The molecule has 100 valence electrons. The SMILES string of the molecule is Nc1nc(-c2cc(-n3cccc3)ccc2O)c[nH]c1=O. The Labute approximate surface area is 114 Å². The first kappa shape index (κ1) is 12.0. The highest BCUT2D eigenvalue weighted by molar-refractivity contribution is 5.69. The van der Waals surface area contributed by atoms with Gasteiger partial charge >= 0.3 is 0 Å². The fraction of sp³-hybridized carbons (Fsp3) is 0. The first-order valence-electron chi connectivity index (χ1n) is 5.97. The molecule has 0 amide bonds. The zero-order valence-corrected chi connectivity index (χ0v) is 10.4. The fourth-order valence-electron chi connectivity index (χ4n) is 1.96. The predicted octanol–water partition coefficient (Wildman–Crippen LogP) is 1.52. The summed E-state index contributed by atoms with van der Waals surface area (Å²) in [6.45, 7) is 0. The lowest BCUT2D eigenvalue weighted by Crippen LogP contribution is -2.13. The minimum Gasteiger partial charge on any atom is -0.507 e. The second-order valence-electron chi connectivity index (χ2n) is 4.29. The minimum absolute atomic E-state index is 0.0693. The lowest BCUT2D eigenvalue weighted by molar-refractivity contribution is 0.477. The average Bonchev–Trinajstić information content (AvgIpc) is 2.97. The molecule has 6 heteroatoms. The highest BCUT2D eigenvalue weighted by Gasteiger charge is 2.09. The Morgan fingerprint density at radius 1 is 1.25 bits per heavy atom. The molecule has 3 rings (SSSR count). The van der Waals surface area contributed by atoms with Gasteiger partial charge in [0.2, 0.25) is 0 Å². The molecule has 0 saturated heterocycles. The van der Waals surface area contributed by atoms with Gasteiger partial charge in [-0.05, 0) is 30.3 Å². The van der Waals surface area contributed by atoms with Gasteiger partial charge in [0.25, 0.3) is 5.56 Å². The second kappa shape index (κ2) is 4.58. The zero-order chi connectivity index (χ0) is 14.1. The minimum atomic E-state index is -0.449. The van der Waals surface area contributed by atoms with E-state index in [1.54, 1.807) is 18.2 Å². The van der Waals surface area contributed by atoms with Crippen LogP contribution in [0.1, 0.15) is 0 Å². The third kappa shape index (κ3) is 2.03. The van der Waals surface area contributed by atoms with Gasteiger partial charge in [0.1, 0.15) is 5.75 Å². The lowest BCUT2D eigenvalue weighted by atomic mass is 10.1. The third-order valence-electron chi connectivity index (χ3n) is 2.97. The molecule has 0 aliphatic rings. The average molecular weight is 268 g/mol. The molecule has 0 aliphatic carbocycles. The van der Waals surface area contributed by atoms with Gasteiger partial charge in [-0.25, -0.2) is 4.98 Å². The Balaban J connectivity index is 2.15. The molecule has 0 atom stereocenters. The first-order valence-corrected chi connectivity index (χ1v) is 5.97. The summed E-state index contributed by atoms with van der Waals surface area (Å²) in [4.78, 5) is 17.7. The number of aromatic amines is 1. The number of benzene rings is 1. The molecule has 0 saturated carbocycles. The lowest BCUT2D eigenvalue weighted by Gasteiger charge is -2.08. The molecule has 2 heterocycles. The monoisotopic (exact) mass is 268 g/mol. The number of nitrogens with two attached hydrogens (primary N) is 1.